The van der Waals surface area contributed by atoms with E-state index >= 15 is 0 Å². The highest BCUT2D eigenvalue weighted by atomic mass is 16.5. The first-order valence-corrected chi connectivity index (χ1v) is 13.2. The van der Waals surface area contributed by atoms with Crippen LogP contribution in [0.1, 0.15) is 136 Å². The molecule has 0 saturated heterocycles. The number of unbranched alkanes of at least 4 members (excludes halogenated alkanes) is 16. The Labute approximate surface area is 187 Å². The third-order valence-electron chi connectivity index (χ3n) is 5.81. The monoisotopic (exact) mass is 427 g/mol. The molecule has 0 aromatic carbocycles. The van der Waals surface area contributed by atoms with Gasteiger partial charge in [0, 0.05) is 19.6 Å². The van der Waals surface area contributed by atoms with Crippen LogP contribution >= 0.6 is 0 Å². The molecule has 0 fully saturated rings. The quantitative estimate of drug-likeness (QED) is 0.164. The lowest BCUT2D eigenvalue weighted by molar-refractivity contribution is -0.122. The van der Waals surface area contributed by atoms with E-state index in [1.807, 2.05) is 6.92 Å². The van der Waals surface area contributed by atoms with Crippen molar-refractivity contribution < 1.29 is 14.6 Å². The summed E-state index contributed by atoms with van der Waals surface area (Å²) in [7, 11) is 0. The van der Waals surface area contributed by atoms with Crippen molar-refractivity contribution >= 4 is 5.91 Å². The minimum atomic E-state index is -0.271. The summed E-state index contributed by atoms with van der Waals surface area (Å²) in [4.78, 5) is 11.5. The minimum Gasteiger partial charge on any atom is -0.394 e. The first kappa shape index (κ1) is 29.4. The number of hydrogen-bond acceptors (Lipinski definition) is 3. The number of rotatable bonds is 24. The van der Waals surface area contributed by atoms with Crippen LogP contribution in [0.3, 0.4) is 0 Å². The molecular formula is C26H53NO3. The molecule has 0 heterocycles. The highest BCUT2D eigenvalue weighted by Crippen LogP contribution is 2.14. The Morgan fingerprint density at radius 3 is 1.53 bits per heavy atom. The molecule has 0 radical (unpaired) electrons. The van der Waals surface area contributed by atoms with Crippen LogP contribution in [0, 0.1) is 0 Å². The predicted octanol–water partition coefficient (Wildman–Crippen LogP) is 6.93. The predicted molar refractivity (Wildman–Crippen MR) is 129 cm³/mol. The molecule has 0 rings (SSSR count). The van der Waals surface area contributed by atoms with Crippen molar-refractivity contribution in [3.8, 4) is 0 Å². The van der Waals surface area contributed by atoms with E-state index in [1.54, 1.807) is 0 Å². The molecule has 1 amide bonds. The molecule has 0 spiro atoms. The lowest BCUT2D eigenvalue weighted by Crippen LogP contribution is -2.35. The van der Waals surface area contributed by atoms with Gasteiger partial charge >= 0.3 is 0 Å². The van der Waals surface area contributed by atoms with Crippen LogP contribution < -0.4 is 5.32 Å². The Hall–Kier alpha value is -0.610. The fourth-order valence-electron chi connectivity index (χ4n) is 3.80. The van der Waals surface area contributed by atoms with Crippen molar-refractivity contribution in [2.75, 3.05) is 19.8 Å². The van der Waals surface area contributed by atoms with Crippen molar-refractivity contribution in [1.29, 1.82) is 0 Å². The van der Waals surface area contributed by atoms with Gasteiger partial charge in [-0.1, -0.05) is 117 Å². The lowest BCUT2D eigenvalue weighted by atomic mass is 10.0. The summed E-state index contributed by atoms with van der Waals surface area (Å²) >= 11 is 0. The largest absolute Gasteiger partial charge is 0.394 e. The number of aliphatic hydroxyl groups is 1. The molecule has 1 atom stereocenters. The summed E-state index contributed by atoms with van der Waals surface area (Å²) in [6.07, 6.45) is 24.4. The third kappa shape index (κ3) is 22.1. The summed E-state index contributed by atoms with van der Waals surface area (Å²) in [5, 5.41) is 12.2. The number of aliphatic hydroxyl groups excluding tert-OH is 1. The average molecular weight is 428 g/mol. The molecule has 0 aromatic rings. The van der Waals surface area contributed by atoms with Gasteiger partial charge in [-0.2, -0.15) is 0 Å². The fourth-order valence-corrected chi connectivity index (χ4v) is 3.80. The lowest BCUT2D eigenvalue weighted by Gasteiger charge is -2.16. The van der Waals surface area contributed by atoms with E-state index in [0.717, 1.165) is 12.8 Å². The Morgan fingerprint density at radius 2 is 1.13 bits per heavy atom. The van der Waals surface area contributed by atoms with Gasteiger partial charge in [0.15, 0.2) is 0 Å². The van der Waals surface area contributed by atoms with E-state index in [2.05, 4.69) is 12.2 Å². The Kier molecular flexibility index (Phi) is 24.2. The molecule has 2 N–H and O–H groups in total. The van der Waals surface area contributed by atoms with Crippen LogP contribution in [-0.4, -0.2) is 36.9 Å². The normalized spacial score (nSPS) is 12.2. The maximum Gasteiger partial charge on any atom is 0.220 e. The second-order valence-corrected chi connectivity index (χ2v) is 8.89. The summed E-state index contributed by atoms with van der Waals surface area (Å²) in [5.41, 5.74) is 0. The SMILES string of the molecule is CCCCCCCCCCCCCCCCCCCOC(CO)CNC(=O)CCC. The Morgan fingerprint density at radius 1 is 0.700 bits per heavy atom. The molecule has 0 bridgehead atoms. The van der Waals surface area contributed by atoms with Crippen LogP contribution in [-0.2, 0) is 9.53 Å². The first-order valence-electron chi connectivity index (χ1n) is 13.2. The van der Waals surface area contributed by atoms with Gasteiger partial charge in [0.2, 0.25) is 5.91 Å². The molecule has 1 unspecified atom stereocenters. The Bertz CT molecular complexity index is 349. The smallest absolute Gasteiger partial charge is 0.220 e. The Balaban J connectivity index is 3.24. The molecular weight excluding hydrogens is 374 g/mol. The number of hydrogen-bond donors (Lipinski definition) is 2. The van der Waals surface area contributed by atoms with Crippen LogP contribution in [0.15, 0.2) is 0 Å². The van der Waals surface area contributed by atoms with E-state index < -0.39 is 0 Å². The van der Waals surface area contributed by atoms with Gasteiger partial charge in [-0.3, -0.25) is 4.79 Å². The van der Waals surface area contributed by atoms with E-state index in [-0.39, 0.29) is 18.6 Å². The number of nitrogens with one attached hydrogen (secondary N) is 1. The van der Waals surface area contributed by atoms with Gasteiger partial charge in [-0.25, -0.2) is 0 Å². The molecule has 4 nitrogen and oxygen atoms in total. The third-order valence-corrected chi connectivity index (χ3v) is 5.81. The first-order chi connectivity index (χ1) is 14.7. The molecule has 0 aliphatic heterocycles. The van der Waals surface area contributed by atoms with Crippen LogP contribution in [0.2, 0.25) is 0 Å². The average Bonchev–Trinajstić information content (AvgIpc) is 2.75. The minimum absolute atomic E-state index is 0.0363. The van der Waals surface area contributed by atoms with Crippen molar-refractivity contribution in [2.45, 2.75) is 142 Å². The molecule has 30 heavy (non-hydrogen) atoms. The van der Waals surface area contributed by atoms with Gasteiger partial charge in [0.1, 0.15) is 0 Å². The topological polar surface area (TPSA) is 58.6 Å². The zero-order valence-corrected chi connectivity index (χ0v) is 20.4. The van der Waals surface area contributed by atoms with E-state index in [0.29, 0.717) is 19.6 Å². The standard InChI is InChI=1S/C26H53NO3/c1-3-5-6-7-8-9-10-11-12-13-14-15-16-17-18-19-20-22-30-25(24-28)23-27-26(29)21-4-2/h25,28H,3-24H2,1-2H3,(H,27,29). The summed E-state index contributed by atoms with van der Waals surface area (Å²) in [6, 6.07) is 0. The highest BCUT2D eigenvalue weighted by molar-refractivity contribution is 5.75. The number of ether oxygens (including phenoxy) is 1. The summed E-state index contributed by atoms with van der Waals surface area (Å²) in [6.45, 7) is 5.31. The number of carbonyl (C=O) groups excluding carboxylic acids is 1. The molecule has 0 aliphatic rings. The van der Waals surface area contributed by atoms with Crippen LogP contribution in [0.4, 0.5) is 0 Å². The van der Waals surface area contributed by atoms with E-state index in [9.17, 15) is 9.90 Å². The second kappa shape index (κ2) is 24.7. The van der Waals surface area contributed by atoms with E-state index in [1.165, 1.54) is 103 Å². The van der Waals surface area contributed by atoms with Crippen LogP contribution in [0.25, 0.3) is 0 Å². The molecule has 180 valence electrons. The van der Waals surface area contributed by atoms with Gasteiger partial charge in [0.05, 0.1) is 12.7 Å². The van der Waals surface area contributed by atoms with Crippen molar-refractivity contribution in [3.63, 3.8) is 0 Å². The van der Waals surface area contributed by atoms with Gasteiger partial charge in [-0.15, -0.1) is 0 Å². The summed E-state index contributed by atoms with van der Waals surface area (Å²) < 4.78 is 5.68. The molecule has 0 saturated carbocycles. The maximum absolute atomic E-state index is 11.5. The van der Waals surface area contributed by atoms with Gasteiger partial charge < -0.3 is 15.2 Å². The van der Waals surface area contributed by atoms with E-state index in [4.69, 9.17) is 4.74 Å². The van der Waals surface area contributed by atoms with Gasteiger partial charge in [0.25, 0.3) is 0 Å². The van der Waals surface area contributed by atoms with Crippen molar-refractivity contribution in [3.05, 3.63) is 0 Å². The summed E-state index contributed by atoms with van der Waals surface area (Å²) in [5.74, 6) is 0.0392. The van der Waals surface area contributed by atoms with Gasteiger partial charge in [-0.05, 0) is 12.8 Å². The zero-order chi connectivity index (χ0) is 22.1. The van der Waals surface area contributed by atoms with Crippen molar-refractivity contribution in [2.24, 2.45) is 0 Å². The number of carbonyl (C=O) groups is 1. The number of amides is 1. The molecule has 0 aliphatic carbocycles. The second-order valence-electron chi connectivity index (χ2n) is 8.89. The highest BCUT2D eigenvalue weighted by Gasteiger charge is 2.09. The fraction of sp³-hybridized carbons (Fsp3) is 0.962. The molecule has 4 heteroatoms. The zero-order valence-electron chi connectivity index (χ0n) is 20.4. The van der Waals surface area contributed by atoms with Crippen molar-refractivity contribution in [1.82, 2.24) is 5.32 Å². The molecule has 0 aromatic heterocycles. The maximum atomic E-state index is 11.5. The van der Waals surface area contributed by atoms with Crippen LogP contribution in [0.5, 0.6) is 0 Å².